The Morgan fingerprint density at radius 1 is 1.13 bits per heavy atom. The summed E-state index contributed by atoms with van der Waals surface area (Å²) in [4.78, 5) is 33.9. The van der Waals surface area contributed by atoms with E-state index in [-0.39, 0.29) is 18.1 Å². The van der Waals surface area contributed by atoms with Crippen LogP contribution in [0.3, 0.4) is 0 Å². The topological polar surface area (TPSA) is 69.7 Å². The van der Waals surface area contributed by atoms with E-state index in [1.54, 1.807) is 0 Å². The van der Waals surface area contributed by atoms with Crippen LogP contribution in [0.25, 0.3) is 0 Å². The molecule has 0 atom stereocenters. The van der Waals surface area contributed by atoms with Crippen molar-refractivity contribution in [1.82, 2.24) is 0 Å². The van der Waals surface area contributed by atoms with Crippen LogP contribution >= 0.6 is 0 Å². The van der Waals surface area contributed by atoms with Crippen LogP contribution in [0.15, 0.2) is 0 Å². The van der Waals surface area contributed by atoms with Gasteiger partial charge in [-0.1, -0.05) is 0 Å². The molecule has 0 aromatic rings. The Morgan fingerprint density at radius 2 is 1.60 bits per heavy atom. The first-order valence-electron chi connectivity index (χ1n) is 4.78. The number of carbonyl (C=O) groups is 3. The van der Waals surface area contributed by atoms with Gasteiger partial charge in [0, 0.05) is 12.3 Å². The van der Waals surface area contributed by atoms with Gasteiger partial charge in [0.05, 0.1) is 14.2 Å². The maximum atomic E-state index is 11.4. The number of methoxy groups -OCH3 is 2. The van der Waals surface area contributed by atoms with Crippen LogP contribution in [0.1, 0.15) is 19.3 Å². The van der Waals surface area contributed by atoms with E-state index < -0.39 is 17.9 Å². The lowest BCUT2D eigenvalue weighted by molar-refractivity contribution is -0.160. The molecular formula is C10H14O5. The second-order valence-corrected chi connectivity index (χ2v) is 3.54. The van der Waals surface area contributed by atoms with Gasteiger partial charge in [-0.15, -0.1) is 0 Å². The molecule has 0 N–H and O–H groups in total. The molecule has 0 saturated heterocycles. The van der Waals surface area contributed by atoms with Crippen molar-refractivity contribution in [2.24, 2.45) is 11.8 Å². The maximum Gasteiger partial charge on any atom is 0.320 e. The molecule has 0 radical (unpaired) electrons. The number of hydrogen-bond donors (Lipinski definition) is 0. The Kier molecular flexibility index (Phi) is 3.82. The van der Waals surface area contributed by atoms with Gasteiger partial charge in [-0.2, -0.15) is 0 Å². The van der Waals surface area contributed by atoms with Crippen molar-refractivity contribution in [3.8, 4) is 0 Å². The first-order chi connectivity index (χ1) is 7.10. The molecular weight excluding hydrogens is 200 g/mol. The molecule has 0 aromatic carbocycles. The van der Waals surface area contributed by atoms with Gasteiger partial charge >= 0.3 is 11.9 Å². The first-order valence-corrected chi connectivity index (χ1v) is 4.78. The molecule has 1 fully saturated rings. The number of ether oxygens (including phenoxy) is 2. The Labute approximate surface area is 87.7 Å². The van der Waals surface area contributed by atoms with Gasteiger partial charge in [-0.25, -0.2) is 0 Å². The van der Waals surface area contributed by atoms with Gasteiger partial charge in [0.2, 0.25) is 0 Å². The highest BCUT2D eigenvalue weighted by molar-refractivity contribution is 5.99. The standard InChI is InChI=1S/C10H14O5/c1-14-9(12)7(10(13)15-2)5-8(11)6-3-4-6/h6-7H,3-5H2,1-2H3. The van der Waals surface area contributed by atoms with Gasteiger partial charge in [-0.3, -0.25) is 14.4 Å². The average molecular weight is 214 g/mol. The van der Waals surface area contributed by atoms with Crippen LogP contribution in [0, 0.1) is 11.8 Å². The minimum atomic E-state index is -1.10. The summed E-state index contributed by atoms with van der Waals surface area (Å²) in [5, 5.41) is 0. The van der Waals surface area contributed by atoms with Crippen LogP contribution < -0.4 is 0 Å². The summed E-state index contributed by atoms with van der Waals surface area (Å²) in [5.74, 6) is -2.56. The molecule has 84 valence electrons. The lowest BCUT2D eigenvalue weighted by atomic mass is 10.0. The second kappa shape index (κ2) is 4.91. The number of hydrogen-bond acceptors (Lipinski definition) is 5. The zero-order valence-electron chi connectivity index (χ0n) is 8.82. The lowest BCUT2D eigenvalue weighted by Crippen LogP contribution is -2.29. The number of carbonyl (C=O) groups excluding carboxylic acids is 3. The summed E-state index contributed by atoms with van der Waals surface area (Å²) < 4.78 is 8.89. The number of Topliss-reactive ketones (excluding diaryl/α,β-unsaturated/α-hetero) is 1. The van der Waals surface area contributed by atoms with Crippen LogP contribution in [0.5, 0.6) is 0 Å². The molecule has 15 heavy (non-hydrogen) atoms. The summed E-state index contributed by atoms with van der Waals surface area (Å²) in [5.41, 5.74) is 0. The van der Waals surface area contributed by atoms with Crippen LogP contribution in [-0.4, -0.2) is 31.9 Å². The van der Waals surface area contributed by atoms with Gasteiger partial charge in [0.1, 0.15) is 5.78 Å². The van der Waals surface area contributed by atoms with Crippen LogP contribution in [0.4, 0.5) is 0 Å². The van der Waals surface area contributed by atoms with Gasteiger partial charge < -0.3 is 9.47 Å². The lowest BCUT2D eigenvalue weighted by Gasteiger charge is -2.10. The third-order valence-corrected chi connectivity index (χ3v) is 2.41. The molecule has 1 aliphatic carbocycles. The molecule has 0 bridgehead atoms. The minimum Gasteiger partial charge on any atom is -0.468 e. The average Bonchev–Trinajstić information content (AvgIpc) is 3.07. The van der Waals surface area contributed by atoms with Crippen LogP contribution in [0.2, 0.25) is 0 Å². The summed E-state index contributed by atoms with van der Waals surface area (Å²) in [6, 6.07) is 0. The van der Waals surface area contributed by atoms with Gasteiger partial charge in [0.25, 0.3) is 0 Å². The molecule has 0 aromatic heterocycles. The zero-order valence-corrected chi connectivity index (χ0v) is 8.82. The van der Waals surface area contributed by atoms with E-state index in [0.717, 1.165) is 12.8 Å². The highest BCUT2D eigenvalue weighted by atomic mass is 16.5. The molecule has 0 unspecified atom stereocenters. The SMILES string of the molecule is COC(=O)C(CC(=O)C1CC1)C(=O)OC. The smallest absolute Gasteiger partial charge is 0.320 e. The molecule has 5 nitrogen and oxygen atoms in total. The van der Waals surface area contributed by atoms with Crippen molar-refractivity contribution in [1.29, 1.82) is 0 Å². The fraction of sp³-hybridized carbons (Fsp3) is 0.700. The normalized spacial score (nSPS) is 14.9. The predicted molar refractivity (Wildman–Crippen MR) is 49.9 cm³/mol. The van der Waals surface area contributed by atoms with Crippen molar-refractivity contribution >= 4 is 17.7 Å². The fourth-order valence-electron chi connectivity index (χ4n) is 1.32. The van der Waals surface area contributed by atoms with E-state index in [9.17, 15) is 14.4 Å². The van der Waals surface area contributed by atoms with Crippen molar-refractivity contribution < 1.29 is 23.9 Å². The summed E-state index contributed by atoms with van der Waals surface area (Å²) in [6.07, 6.45) is 1.60. The van der Waals surface area contributed by atoms with Gasteiger partial charge in [-0.05, 0) is 12.8 Å². The Morgan fingerprint density at radius 3 is 1.93 bits per heavy atom. The summed E-state index contributed by atoms with van der Waals surface area (Å²) >= 11 is 0. The molecule has 0 amide bonds. The van der Waals surface area contributed by atoms with E-state index >= 15 is 0 Å². The quantitative estimate of drug-likeness (QED) is 0.487. The minimum absolute atomic E-state index is 0.0295. The largest absolute Gasteiger partial charge is 0.468 e. The molecule has 0 heterocycles. The highest BCUT2D eigenvalue weighted by Gasteiger charge is 2.37. The maximum absolute atomic E-state index is 11.4. The van der Waals surface area contributed by atoms with E-state index in [4.69, 9.17) is 0 Å². The molecule has 0 spiro atoms. The Hall–Kier alpha value is -1.39. The van der Waals surface area contributed by atoms with Crippen molar-refractivity contribution in [3.63, 3.8) is 0 Å². The monoisotopic (exact) mass is 214 g/mol. The predicted octanol–water partition coefficient (Wildman–Crippen LogP) is 0.318. The zero-order chi connectivity index (χ0) is 11.4. The van der Waals surface area contributed by atoms with Crippen molar-refractivity contribution in [3.05, 3.63) is 0 Å². The second-order valence-electron chi connectivity index (χ2n) is 3.54. The molecule has 1 saturated carbocycles. The number of ketones is 1. The molecule has 1 rings (SSSR count). The Bertz CT molecular complexity index is 264. The highest BCUT2D eigenvalue weighted by Crippen LogP contribution is 2.32. The first kappa shape index (κ1) is 11.7. The molecule has 0 aliphatic heterocycles. The van der Waals surface area contributed by atoms with E-state index in [2.05, 4.69) is 9.47 Å². The summed E-state index contributed by atoms with van der Waals surface area (Å²) in [7, 11) is 2.36. The van der Waals surface area contributed by atoms with Crippen molar-refractivity contribution in [2.75, 3.05) is 14.2 Å². The fourth-order valence-corrected chi connectivity index (χ4v) is 1.32. The van der Waals surface area contributed by atoms with Gasteiger partial charge in [0.15, 0.2) is 5.92 Å². The Balaban J connectivity index is 2.58. The number of rotatable bonds is 5. The number of esters is 2. The molecule has 1 aliphatic rings. The van der Waals surface area contributed by atoms with Crippen LogP contribution in [-0.2, 0) is 23.9 Å². The van der Waals surface area contributed by atoms with E-state index in [1.807, 2.05) is 0 Å². The summed E-state index contributed by atoms with van der Waals surface area (Å²) in [6.45, 7) is 0. The van der Waals surface area contributed by atoms with E-state index in [0.29, 0.717) is 0 Å². The van der Waals surface area contributed by atoms with Crippen molar-refractivity contribution in [2.45, 2.75) is 19.3 Å². The third-order valence-electron chi connectivity index (χ3n) is 2.41. The molecule has 5 heteroatoms. The van der Waals surface area contributed by atoms with E-state index in [1.165, 1.54) is 14.2 Å². The third kappa shape index (κ3) is 3.04.